The number of carbonyl (C=O) groups excluding carboxylic acids is 1. The Hall–Kier alpha value is -1.60. The van der Waals surface area contributed by atoms with Crippen LogP contribution in [0.25, 0.3) is 0 Å². The summed E-state index contributed by atoms with van der Waals surface area (Å²) in [6.07, 6.45) is 3.95. The smallest absolute Gasteiger partial charge is 0.404 e. The van der Waals surface area contributed by atoms with E-state index in [2.05, 4.69) is 17.0 Å². The minimum Gasteiger partial charge on any atom is -0.478 e. The number of aliphatic hydroxyl groups is 2. The van der Waals surface area contributed by atoms with Crippen LogP contribution in [-0.2, 0) is 9.53 Å². The Morgan fingerprint density at radius 1 is 1.16 bits per heavy atom. The summed E-state index contributed by atoms with van der Waals surface area (Å²) in [7, 11) is 0. The maximum atomic E-state index is 9.60. The van der Waals surface area contributed by atoms with Crippen molar-refractivity contribution < 1.29 is 29.6 Å². The van der Waals surface area contributed by atoms with Crippen molar-refractivity contribution >= 4 is 12.1 Å². The number of ether oxygens (including phenoxy) is 1. The number of nitrogens with two attached hydrogens (primary N) is 1. The third kappa shape index (κ3) is 48.2. The monoisotopic (exact) mass is 279 g/mol. The van der Waals surface area contributed by atoms with E-state index in [1.807, 2.05) is 0 Å². The van der Waals surface area contributed by atoms with Crippen molar-refractivity contribution in [2.75, 3.05) is 19.8 Å². The number of carbonyl (C=O) groups is 2. The third-order valence-corrected chi connectivity index (χ3v) is 1.53. The molecule has 7 heteroatoms. The van der Waals surface area contributed by atoms with E-state index in [0.29, 0.717) is 6.61 Å². The fourth-order valence-electron chi connectivity index (χ4n) is 0.719. The van der Waals surface area contributed by atoms with Crippen LogP contribution in [0.3, 0.4) is 0 Å². The molecule has 0 bridgehead atoms. The maximum absolute atomic E-state index is 9.60. The summed E-state index contributed by atoms with van der Waals surface area (Å²) < 4.78 is 4.18. The first-order valence-electron chi connectivity index (χ1n) is 5.95. The van der Waals surface area contributed by atoms with Gasteiger partial charge in [0.05, 0.1) is 6.61 Å². The van der Waals surface area contributed by atoms with Crippen molar-refractivity contribution in [1.82, 2.24) is 0 Å². The van der Waals surface area contributed by atoms with Crippen LogP contribution in [0.2, 0.25) is 0 Å². The van der Waals surface area contributed by atoms with Gasteiger partial charge in [0, 0.05) is 19.3 Å². The van der Waals surface area contributed by atoms with Gasteiger partial charge in [0.15, 0.2) is 0 Å². The van der Waals surface area contributed by atoms with Gasteiger partial charge in [-0.05, 0) is 19.8 Å². The van der Waals surface area contributed by atoms with E-state index >= 15 is 0 Å². The fourth-order valence-corrected chi connectivity index (χ4v) is 0.719. The van der Waals surface area contributed by atoms with Gasteiger partial charge < -0.3 is 25.8 Å². The number of carboxylic acids is 1. The molecule has 0 fully saturated rings. The predicted molar refractivity (Wildman–Crippen MR) is 71.7 cm³/mol. The molecule has 0 aromatic carbocycles. The van der Waals surface area contributed by atoms with Crippen molar-refractivity contribution in [3.05, 3.63) is 12.7 Å². The molecular formula is C12H25NO6. The highest BCUT2D eigenvalue weighted by atomic mass is 16.5. The lowest BCUT2D eigenvalue weighted by Gasteiger charge is -1.93. The number of hydrogen-bond acceptors (Lipinski definition) is 5. The normalized spacial score (nSPS) is 8.16. The molecule has 5 N–H and O–H groups in total. The Balaban J connectivity index is -0.000000209. The van der Waals surface area contributed by atoms with Crippen molar-refractivity contribution in [3.8, 4) is 0 Å². The highest BCUT2D eigenvalue weighted by Crippen LogP contribution is 1.96. The van der Waals surface area contributed by atoms with E-state index in [9.17, 15) is 9.59 Å². The summed E-state index contributed by atoms with van der Waals surface area (Å²) in [5, 5.41) is 24.2. The zero-order valence-electron chi connectivity index (χ0n) is 11.4. The maximum Gasteiger partial charge on any atom is 0.404 e. The van der Waals surface area contributed by atoms with E-state index < -0.39 is 12.1 Å². The second kappa shape index (κ2) is 21.7. The highest BCUT2D eigenvalue weighted by Gasteiger charge is 1.84. The van der Waals surface area contributed by atoms with E-state index in [1.165, 1.54) is 0 Å². The molecule has 0 heterocycles. The first-order chi connectivity index (χ1) is 8.95. The molecule has 0 rings (SSSR count). The van der Waals surface area contributed by atoms with E-state index in [-0.39, 0.29) is 13.2 Å². The molecule has 7 nitrogen and oxygen atoms in total. The van der Waals surface area contributed by atoms with Gasteiger partial charge in [-0.15, -0.1) is 0 Å². The highest BCUT2D eigenvalue weighted by molar-refractivity contribution is 5.78. The molecule has 0 aliphatic heterocycles. The van der Waals surface area contributed by atoms with Gasteiger partial charge in [-0.2, -0.15) is 0 Å². The largest absolute Gasteiger partial charge is 0.478 e. The lowest BCUT2D eigenvalue weighted by molar-refractivity contribution is -0.131. The quantitative estimate of drug-likeness (QED) is 0.404. The molecule has 0 saturated heterocycles. The van der Waals surface area contributed by atoms with Crippen LogP contribution in [0.4, 0.5) is 4.79 Å². The fraction of sp³-hybridized carbons (Fsp3) is 0.667. The number of amides is 1. The Kier molecular flexibility index (Phi) is 25.7. The Labute approximate surface area is 113 Å². The molecule has 0 radical (unpaired) electrons. The number of aliphatic hydroxyl groups excluding tert-OH is 2. The van der Waals surface area contributed by atoms with Gasteiger partial charge in [-0.1, -0.05) is 19.4 Å². The summed E-state index contributed by atoms with van der Waals surface area (Å²) in [5.74, 6) is -0.981. The Morgan fingerprint density at radius 2 is 1.53 bits per heavy atom. The SMILES string of the molecule is C=CC(=O)O.CCOC(N)=O.OCCCCCCO. The molecule has 0 unspecified atom stereocenters. The minimum absolute atomic E-state index is 0.283. The first kappa shape index (κ1) is 22.6. The number of aliphatic carboxylic acids is 1. The summed E-state index contributed by atoms with van der Waals surface area (Å²) in [5.41, 5.74) is 4.54. The molecule has 0 saturated carbocycles. The molecule has 0 aromatic rings. The minimum atomic E-state index is -0.981. The lowest BCUT2D eigenvalue weighted by Crippen LogP contribution is -2.11. The summed E-state index contributed by atoms with van der Waals surface area (Å²) in [4.78, 5) is 18.8. The van der Waals surface area contributed by atoms with E-state index in [4.69, 9.17) is 15.3 Å². The molecule has 1 amide bonds. The molecule has 0 atom stereocenters. The van der Waals surface area contributed by atoms with Crippen molar-refractivity contribution in [2.24, 2.45) is 5.73 Å². The predicted octanol–water partition coefficient (Wildman–Crippen LogP) is 0.890. The van der Waals surface area contributed by atoms with E-state index in [0.717, 1.165) is 31.8 Å². The van der Waals surface area contributed by atoms with Crippen LogP contribution in [0.5, 0.6) is 0 Å². The molecule has 0 spiro atoms. The van der Waals surface area contributed by atoms with Crippen molar-refractivity contribution in [3.63, 3.8) is 0 Å². The second-order valence-electron chi connectivity index (χ2n) is 3.16. The van der Waals surface area contributed by atoms with Crippen LogP contribution in [0, 0.1) is 0 Å². The first-order valence-corrected chi connectivity index (χ1v) is 5.95. The number of carboxylic acid groups (broad SMARTS) is 1. The second-order valence-corrected chi connectivity index (χ2v) is 3.16. The summed E-state index contributed by atoms with van der Waals surface area (Å²) >= 11 is 0. The van der Waals surface area contributed by atoms with Crippen molar-refractivity contribution in [1.29, 1.82) is 0 Å². The number of rotatable bonds is 7. The van der Waals surface area contributed by atoms with Crippen LogP contribution in [0.15, 0.2) is 12.7 Å². The standard InChI is InChI=1S/C6H14O2.C3H7NO2.C3H4O2/c7-5-3-1-2-4-6-8;1-2-6-3(4)5;1-2-3(4)5/h7-8H,1-6H2;2H2,1H3,(H2,4,5);2H,1H2,(H,4,5). The number of primary amides is 1. The van der Waals surface area contributed by atoms with Crippen LogP contribution >= 0.6 is 0 Å². The zero-order valence-corrected chi connectivity index (χ0v) is 11.4. The average Bonchev–Trinajstić information content (AvgIpc) is 2.36. The van der Waals surface area contributed by atoms with Gasteiger partial charge >= 0.3 is 12.1 Å². The molecule has 0 aliphatic carbocycles. The third-order valence-electron chi connectivity index (χ3n) is 1.53. The lowest BCUT2D eigenvalue weighted by atomic mass is 10.2. The molecular weight excluding hydrogens is 254 g/mol. The Bertz CT molecular complexity index is 214. The summed E-state index contributed by atoms with van der Waals surface area (Å²) in [6.45, 7) is 5.58. The Morgan fingerprint density at radius 3 is 1.63 bits per heavy atom. The van der Waals surface area contributed by atoms with Gasteiger partial charge in [0.25, 0.3) is 0 Å². The van der Waals surface area contributed by atoms with Gasteiger partial charge in [-0.3, -0.25) is 0 Å². The number of hydrogen-bond donors (Lipinski definition) is 4. The molecule has 0 aliphatic rings. The van der Waals surface area contributed by atoms with Crippen molar-refractivity contribution in [2.45, 2.75) is 32.6 Å². The summed E-state index contributed by atoms with van der Waals surface area (Å²) in [6, 6.07) is 0. The molecule has 19 heavy (non-hydrogen) atoms. The average molecular weight is 279 g/mol. The number of unbranched alkanes of at least 4 members (excludes halogenated alkanes) is 3. The van der Waals surface area contributed by atoms with Gasteiger partial charge in [0.2, 0.25) is 0 Å². The topological polar surface area (TPSA) is 130 Å². The van der Waals surface area contributed by atoms with E-state index in [1.54, 1.807) is 6.92 Å². The van der Waals surface area contributed by atoms with Gasteiger partial charge in [-0.25, -0.2) is 9.59 Å². The van der Waals surface area contributed by atoms with Gasteiger partial charge in [0.1, 0.15) is 0 Å². The van der Waals surface area contributed by atoms with Crippen LogP contribution < -0.4 is 5.73 Å². The zero-order chi connectivity index (χ0) is 15.5. The molecule has 0 aromatic heterocycles. The van der Waals surface area contributed by atoms with Crippen LogP contribution in [0.1, 0.15) is 32.6 Å². The van der Waals surface area contributed by atoms with Crippen LogP contribution in [-0.4, -0.2) is 47.2 Å². The molecule has 114 valence electrons.